The van der Waals surface area contributed by atoms with Gasteiger partial charge in [0.05, 0.1) is 17.4 Å². The summed E-state index contributed by atoms with van der Waals surface area (Å²) in [7, 11) is 0. The second kappa shape index (κ2) is 12.6. The van der Waals surface area contributed by atoms with Crippen molar-refractivity contribution in [2.24, 2.45) is 17.8 Å². The zero-order chi connectivity index (χ0) is 22.0. The topological polar surface area (TPSA) is 155 Å². The van der Waals surface area contributed by atoms with E-state index in [9.17, 15) is 14.4 Å². The molecule has 1 fully saturated rings. The maximum Gasteiger partial charge on any atom is 0.410 e. The Balaban J connectivity index is 2.33. The minimum absolute atomic E-state index is 0.0558. The minimum Gasteiger partial charge on any atom is -0.481 e. The number of carboxylic acid groups (broad SMARTS) is 1. The van der Waals surface area contributed by atoms with Gasteiger partial charge in [-0.15, -0.1) is 0 Å². The van der Waals surface area contributed by atoms with E-state index in [0.717, 1.165) is 0 Å². The summed E-state index contributed by atoms with van der Waals surface area (Å²) in [6, 6.07) is 0. The molecule has 1 unspecified atom stereocenters. The standard InChI is InChI=1S/C18H32N2O9/c1-11(2)8-13(9-16(21)22)10-19-18(24)28-12(3)27-17(23)14-4-6-15(7-5-14)29-20(25)26/h11-15,25-26H,4-10H2,1-3H3,(H,19,24)(H,21,22)/t12?,13-,14?,15?/m0/s1. The Bertz CT molecular complexity index is 533. The third kappa shape index (κ3) is 11.0. The lowest BCUT2D eigenvalue weighted by Crippen LogP contribution is -2.36. The molecule has 0 bridgehead atoms. The molecule has 0 aromatic heterocycles. The second-order valence-electron chi connectivity index (χ2n) is 7.72. The van der Waals surface area contributed by atoms with Crippen LogP contribution in [0.2, 0.25) is 0 Å². The normalized spacial score (nSPS) is 21.5. The average molecular weight is 420 g/mol. The highest BCUT2D eigenvalue weighted by Crippen LogP contribution is 2.27. The molecule has 29 heavy (non-hydrogen) atoms. The summed E-state index contributed by atoms with van der Waals surface area (Å²) in [6.45, 7) is 5.51. The van der Waals surface area contributed by atoms with Crippen LogP contribution in [0.15, 0.2) is 0 Å². The number of nitrogens with zero attached hydrogens (tertiary/aromatic N) is 1. The number of ether oxygens (including phenoxy) is 2. The van der Waals surface area contributed by atoms with Crippen molar-refractivity contribution >= 4 is 18.0 Å². The summed E-state index contributed by atoms with van der Waals surface area (Å²) in [5.74, 6) is -1.75. The van der Waals surface area contributed by atoms with Gasteiger partial charge in [0, 0.05) is 19.9 Å². The molecule has 0 aromatic carbocycles. The molecule has 0 saturated heterocycles. The van der Waals surface area contributed by atoms with Crippen molar-refractivity contribution in [3.8, 4) is 0 Å². The molecule has 0 radical (unpaired) electrons. The van der Waals surface area contributed by atoms with Crippen LogP contribution < -0.4 is 5.32 Å². The first kappa shape index (κ1) is 25.1. The Hall–Kier alpha value is -1.95. The fourth-order valence-electron chi connectivity index (χ4n) is 3.39. The number of esters is 1. The summed E-state index contributed by atoms with van der Waals surface area (Å²) in [4.78, 5) is 39.7. The number of carboxylic acids is 1. The van der Waals surface area contributed by atoms with Crippen LogP contribution in [0, 0.1) is 17.8 Å². The van der Waals surface area contributed by atoms with E-state index in [1.54, 1.807) is 0 Å². The number of hydrogen-bond acceptors (Lipinski definition) is 9. The van der Waals surface area contributed by atoms with Gasteiger partial charge in [-0.1, -0.05) is 13.8 Å². The van der Waals surface area contributed by atoms with Crippen molar-refractivity contribution in [1.29, 1.82) is 0 Å². The van der Waals surface area contributed by atoms with Crippen LogP contribution in [-0.4, -0.2) is 57.9 Å². The highest BCUT2D eigenvalue weighted by molar-refractivity contribution is 5.73. The van der Waals surface area contributed by atoms with Crippen LogP contribution in [0.1, 0.15) is 59.3 Å². The van der Waals surface area contributed by atoms with Crippen molar-refractivity contribution in [3.05, 3.63) is 0 Å². The first-order valence-electron chi connectivity index (χ1n) is 9.78. The Labute approximate surface area is 169 Å². The predicted molar refractivity (Wildman–Crippen MR) is 97.5 cm³/mol. The first-order valence-corrected chi connectivity index (χ1v) is 9.78. The van der Waals surface area contributed by atoms with Gasteiger partial charge in [-0.25, -0.2) is 9.63 Å². The van der Waals surface area contributed by atoms with Gasteiger partial charge in [-0.2, -0.15) is 0 Å². The van der Waals surface area contributed by atoms with Crippen molar-refractivity contribution in [2.45, 2.75) is 71.7 Å². The van der Waals surface area contributed by atoms with Gasteiger partial charge < -0.3 is 19.9 Å². The summed E-state index contributed by atoms with van der Waals surface area (Å²) >= 11 is 0. The number of amides is 1. The molecular weight excluding hydrogens is 388 g/mol. The van der Waals surface area contributed by atoms with Crippen molar-refractivity contribution in [2.75, 3.05) is 6.54 Å². The highest BCUT2D eigenvalue weighted by Gasteiger charge is 2.30. The molecule has 1 amide bonds. The van der Waals surface area contributed by atoms with Crippen LogP contribution in [-0.2, 0) is 23.9 Å². The number of hydrogen-bond donors (Lipinski definition) is 4. The molecule has 1 saturated carbocycles. The minimum atomic E-state index is -1.09. The molecule has 0 spiro atoms. The van der Waals surface area contributed by atoms with Gasteiger partial charge in [-0.05, 0) is 43.9 Å². The number of carbonyl (C=O) groups is 3. The van der Waals surface area contributed by atoms with Crippen LogP contribution >= 0.6 is 0 Å². The van der Waals surface area contributed by atoms with E-state index < -0.39 is 30.4 Å². The zero-order valence-electron chi connectivity index (χ0n) is 17.1. The molecule has 11 heteroatoms. The van der Waals surface area contributed by atoms with Gasteiger partial charge in [-0.3, -0.25) is 20.0 Å². The lowest BCUT2D eigenvalue weighted by atomic mass is 9.87. The van der Waals surface area contributed by atoms with E-state index >= 15 is 0 Å². The Morgan fingerprint density at radius 3 is 2.21 bits per heavy atom. The third-order valence-electron chi connectivity index (χ3n) is 4.61. The van der Waals surface area contributed by atoms with Crippen molar-refractivity contribution in [1.82, 2.24) is 10.7 Å². The van der Waals surface area contributed by atoms with Crippen LogP contribution in [0.4, 0.5) is 4.79 Å². The van der Waals surface area contributed by atoms with Crippen molar-refractivity contribution < 1.29 is 44.2 Å². The molecule has 0 heterocycles. The first-order chi connectivity index (χ1) is 13.6. The molecular formula is C18H32N2O9. The van der Waals surface area contributed by atoms with Gasteiger partial charge in [0.2, 0.25) is 6.29 Å². The average Bonchev–Trinajstić information content (AvgIpc) is 2.58. The summed E-state index contributed by atoms with van der Waals surface area (Å²) in [5, 5.41) is 28.4. The van der Waals surface area contributed by atoms with Crippen LogP contribution in [0.3, 0.4) is 0 Å². The molecule has 11 nitrogen and oxygen atoms in total. The zero-order valence-corrected chi connectivity index (χ0v) is 17.1. The highest BCUT2D eigenvalue weighted by atomic mass is 17.1. The van der Waals surface area contributed by atoms with E-state index in [1.807, 2.05) is 13.8 Å². The number of nitrogens with one attached hydrogen (secondary N) is 1. The molecule has 0 aliphatic heterocycles. The Morgan fingerprint density at radius 2 is 1.69 bits per heavy atom. The number of aliphatic carboxylic acids is 1. The molecule has 2 atom stereocenters. The smallest absolute Gasteiger partial charge is 0.410 e. The van der Waals surface area contributed by atoms with Crippen molar-refractivity contribution in [3.63, 3.8) is 0 Å². The molecule has 168 valence electrons. The number of alkyl carbamates (subject to hydrolysis) is 1. The molecule has 1 aliphatic carbocycles. The van der Waals surface area contributed by atoms with E-state index in [4.69, 9.17) is 29.8 Å². The molecule has 1 aliphatic rings. The SMILES string of the molecule is CC(C)C[C@H](CNC(=O)OC(C)OC(=O)C1CCC(ON(O)O)CC1)CC(=O)O. The largest absolute Gasteiger partial charge is 0.481 e. The third-order valence-corrected chi connectivity index (χ3v) is 4.61. The Kier molecular flexibility index (Phi) is 10.9. The fraction of sp³-hybridized carbons (Fsp3) is 0.833. The number of carbonyl (C=O) groups excluding carboxylic acids is 2. The van der Waals surface area contributed by atoms with Crippen LogP contribution in [0.5, 0.6) is 0 Å². The van der Waals surface area contributed by atoms with Crippen LogP contribution in [0.25, 0.3) is 0 Å². The molecule has 0 aromatic rings. The summed E-state index contributed by atoms with van der Waals surface area (Å²) in [6.07, 6.45) is 0.121. The van der Waals surface area contributed by atoms with E-state index in [2.05, 4.69) is 5.32 Å². The lowest BCUT2D eigenvalue weighted by molar-refractivity contribution is -0.506. The van der Waals surface area contributed by atoms with E-state index in [0.29, 0.717) is 32.1 Å². The van der Waals surface area contributed by atoms with Gasteiger partial charge >= 0.3 is 18.0 Å². The predicted octanol–water partition coefficient (Wildman–Crippen LogP) is 2.31. The quantitative estimate of drug-likeness (QED) is 0.222. The van der Waals surface area contributed by atoms with Gasteiger partial charge in [0.25, 0.3) is 0 Å². The molecule has 1 rings (SSSR count). The van der Waals surface area contributed by atoms with E-state index in [-0.39, 0.29) is 36.1 Å². The maximum atomic E-state index is 12.2. The van der Waals surface area contributed by atoms with E-state index in [1.165, 1.54) is 6.92 Å². The molecule has 4 N–H and O–H groups in total. The number of rotatable bonds is 11. The van der Waals surface area contributed by atoms with Gasteiger partial charge in [0.15, 0.2) is 0 Å². The lowest BCUT2D eigenvalue weighted by Gasteiger charge is -2.28. The summed E-state index contributed by atoms with van der Waals surface area (Å²) in [5.41, 5.74) is 0. The maximum absolute atomic E-state index is 12.2. The Morgan fingerprint density at radius 1 is 1.07 bits per heavy atom. The van der Waals surface area contributed by atoms with Gasteiger partial charge in [0.1, 0.15) is 0 Å². The summed E-state index contributed by atoms with van der Waals surface area (Å²) < 4.78 is 10.2. The fourth-order valence-corrected chi connectivity index (χ4v) is 3.39. The second-order valence-corrected chi connectivity index (χ2v) is 7.72. The monoisotopic (exact) mass is 420 g/mol.